The topological polar surface area (TPSA) is 76.3 Å². The second kappa shape index (κ2) is 6.19. The van der Waals surface area contributed by atoms with Gasteiger partial charge in [-0.05, 0) is 13.0 Å². The number of H-pyrrole nitrogens is 1. The van der Waals surface area contributed by atoms with Crippen molar-refractivity contribution in [2.45, 2.75) is 6.92 Å². The summed E-state index contributed by atoms with van der Waals surface area (Å²) >= 11 is 0. The summed E-state index contributed by atoms with van der Waals surface area (Å²) in [7, 11) is 0. The fourth-order valence-corrected chi connectivity index (χ4v) is 0.979. The van der Waals surface area contributed by atoms with E-state index in [2.05, 4.69) is 10.3 Å². The monoisotopic (exact) mass is 218 g/mol. The van der Waals surface area contributed by atoms with E-state index < -0.39 is 5.97 Å². The lowest BCUT2D eigenvalue weighted by Crippen LogP contribution is -2.11. The van der Waals surface area contributed by atoms with Crippen molar-refractivity contribution in [1.82, 2.24) is 0 Å². The summed E-state index contributed by atoms with van der Waals surface area (Å²) in [5, 5.41) is 11.5. The molecule has 1 rings (SSSR count). The molecule has 0 aliphatic rings. The maximum absolute atomic E-state index is 11.2. The van der Waals surface area contributed by atoms with Crippen LogP contribution in [-0.2, 0) is 9.53 Å². The van der Waals surface area contributed by atoms with Crippen molar-refractivity contribution in [3.8, 4) is 6.07 Å². The number of nitriles is 1. The number of esters is 1. The maximum atomic E-state index is 11.2. The molecule has 1 aromatic rings. The standard InChI is InChI=1S/C11H11N3O2/c1-2-16-11(15)9(7-12)8-14-10-5-3-4-6-13-10/h3-6,8H,2H2,1H3,(H,13,14)/p+1. The first kappa shape index (κ1) is 11.7. The van der Waals surface area contributed by atoms with Crippen molar-refractivity contribution in [1.29, 1.82) is 5.26 Å². The van der Waals surface area contributed by atoms with Crippen LogP contribution < -0.4 is 10.3 Å². The number of aromatic amines is 1. The minimum absolute atomic E-state index is 0.0703. The maximum Gasteiger partial charge on any atom is 0.352 e. The van der Waals surface area contributed by atoms with E-state index in [0.717, 1.165) is 0 Å². The van der Waals surface area contributed by atoms with Crippen LogP contribution in [0.5, 0.6) is 0 Å². The number of hydrogen-bond acceptors (Lipinski definition) is 4. The van der Waals surface area contributed by atoms with Crippen LogP contribution in [0.3, 0.4) is 0 Å². The predicted molar refractivity (Wildman–Crippen MR) is 56.9 cm³/mol. The van der Waals surface area contributed by atoms with Gasteiger partial charge in [-0.25, -0.2) is 15.1 Å². The van der Waals surface area contributed by atoms with Crippen LogP contribution >= 0.6 is 0 Å². The van der Waals surface area contributed by atoms with Crippen molar-refractivity contribution in [3.63, 3.8) is 0 Å². The number of pyridine rings is 1. The lowest BCUT2D eigenvalue weighted by molar-refractivity contribution is -0.360. The number of carbonyl (C=O) groups excluding carboxylic acids is 1. The van der Waals surface area contributed by atoms with E-state index in [9.17, 15) is 4.79 Å². The second-order valence-corrected chi connectivity index (χ2v) is 2.81. The Morgan fingerprint density at radius 1 is 1.69 bits per heavy atom. The van der Waals surface area contributed by atoms with Gasteiger partial charge in [-0.2, -0.15) is 5.26 Å². The highest BCUT2D eigenvalue weighted by Crippen LogP contribution is 2.00. The summed E-state index contributed by atoms with van der Waals surface area (Å²) in [4.78, 5) is 14.1. The van der Waals surface area contributed by atoms with E-state index in [1.54, 1.807) is 25.3 Å². The summed E-state index contributed by atoms with van der Waals surface area (Å²) in [6.07, 6.45) is 3.04. The van der Waals surface area contributed by atoms with Gasteiger partial charge in [0, 0.05) is 6.07 Å². The van der Waals surface area contributed by atoms with Crippen LogP contribution in [0.25, 0.3) is 0 Å². The van der Waals surface area contributed by atoms with Gasteiger partial charge >= 0.3 is 5.97 Å². The van der Waals surface area contributed by atoms with E-state index in [1.165, 1.54) is 6.20 Å². The molecule has 2 N–H and O–H groups in total. The highest BCUT2D eigenvalue weighted by molar-refractivity contribution is 5.93. The first-order valence-corrected chi connectivity index (χ1v) is 4.78. The van der Waals surface area contributed by atoms with Crippen molar-refractivity contribution < 1.29 is 14.5 Å². The Bertz CT molecular complexity index is 421. The molecule has 0 bridgehead atoms. The number of anilines is 1. The summed E-state index contributed by atoms with van der Waals surface area (Å²) < 4.78 is 4.70. The molecule has 0 atom stereocenters. The van der Waals surface area contributed by atoms with Gasteiger partial charge in [0.25, 0.3) is 5.82 Å². The Labute approximate surface area is 93.4 Å². The molecule has 82 valence electrons. The number of nitrogens with zero attached hydrogens (tertiary/aromatic N) is 1. The third-order valence-corrected chi connectivity index (χ3v) is 1.70. The third kappa shape index (κ3) is 3.42. The van der Waals surface area contributed by atoms with Crippen LogP contribution in [0.4, 0.5) is 5.82 Å². The van der Waals surface area contributed by atoms with E-state index >= 15 is 0 Å². The van der Waals surface area contributed by atoms with Gasteiger partial charge in [0.2, 0.25) is 0 Å². The van der Waals surface area contributed by atoms with E-state index in [4.69, 9.17) is 10.00 Å². The average Bonchev–Trinajstić information content (AvgIpc) is 2.31. The van der Waals surface area contributed by atoms with E-state index in [0.29, 0.717) is 5.82 Å². The molecule has 0 aliphatic heterocycles. The van der Waals surface area contributed by atoms with Gasteiger partial charge in [0.15, 0.2) is 5.57 Å². The molecule has 0 fully saturated rings. The third-order valence-electron chi connectivity index (χ3n) is 1.70. The molecule has 5 nitrogen and oxygen atoms in total. The minimum Gasteiger partial charge on any atom is -0.462 e. The van der Waals surface area contributed by atoms with Gasteiger partial charge in [-0.15, -0.1) is 0 Å². The van der Waals surface area contributed by atoms with E-state index in [-0.39, 0.29) is 12.2 Å². The van der Waals surface area contributed by atoms with Gasteiger partial charge in [-0.1, -0.05) is 6.07 Å². The average molecular weight is 218 g/mol. The Hall–Kier alpha value is -2.35. The highest BCUT2D eigenvalue weighted by Gasteiger charge is 2.11. The van der Waals surface area contributed by atoms with E-state index in [1.807, 2.05) is 12.1 Å². The summed E-state index contributed by atoms with van der Waals surface area (Å²) in [5.74, 6) is 0.0491. The molecule has 0 saturated heterocycles. The zero-order valence-corrected chi connectivity index (χ0v) is 8.86. The number of nitrogens with one attached hydrogen (secondary N) is 2. The molecule has 0 radical (unpaired) electrons. The molecule has 0 aromatic carbocycles. The largest absolute Gasteiger partial charge is 0.462 e. The molecule has 1 heterocycles. The van der Waals surface area contributed by atoms with Crippen molar-refractivity contribution in [2.24, 2.45) is 0 Å². The van der Waals surface area contributed by atoms with Gasteiger partial charge < -0.3 is 4.74 Å². The van der Waals surface area contributed by atoms with Crippen LogP contribution in [0.2, 0.25) is 0 Å². The molecule has 0 amide bonds. The molecule has 0 spiro atoms. The Kier molecular flexibility index (Phi) is 4.54. The molecule has 1 aromatic heterocycles. The SMILES string of the molecule is CCOC(=O)C(C#N)=CNc1cccc[nH+]1. The summed E-state index contributed by atoms with van der Waals surface area (Å²) in [6.45, 7) is 1.93. The van der Waals surface area contributed by atoms with Gasteiger partial charge in [-0.3, -0.25) is 0 Å². The number of rotatable bonds is 4. The van der Waals surface area contributed by atoms with Crippen LogP contribution in [-0.4, -0.2) is 12.6 Å². The highest BCUT2D eigenvalue weighted by atomic mass is 16.5. The van der Waals surface area contributed by atoms with Crippen molar-refractivity contribution >= 4 is 11.8 Å². The normalized spacial score (nSPS) is 10.4. The first-order valence-electron chi connectivity index (χ1n) is 4.78. The Morgan fingerprint density at radius 3 is 3.06 bits per heavy atom. The number of ether oxygens (including phenoxy) is 1. The lowest BCUT2D eigenvalue weighted by atomic mass is 10.3. The Morgan fingerprint density at radius 2 is 2.50 bits per heavy atom. The second-order valence-electron chi connectivity index (χ2n) is 2.81. The molecule has 5 heteroatoms. The fourth-order valence-electron chi connectivity index (χ4n) is 0.979. The van der Waals surface area contributed by atoms with Crippen molar-refractivity contribution in [2.75, 3.05) is 11.9 Å². The minimum atomic E-state index is -0.631. The predicted octanol–water partition coefficient (Wildman–Crippen LogP) is 0.883. The zero-order valence-electron chi connectivity index (χ0n) is 8.86. The number of carbonyl (C=O) groups is 1. The molecule has 16 heavy (non-hydrogen) atoms. The zero-order chi connectivity index (χ0) is 11.8. The van der Waals surface area contributed by atoms with Crippen molar-refractivity contribution in [3.05, 3.63) is 36.2 Å². The fraction of sp³-hybridized carbons (Fsp3) is 0.182. The number of aromatic nitrogens is 1. The van der Waals surface area contributed by atoms with Gasteiger partial charge in [0.05, 0.1) is 12.8 Å². The summed E-state index contributed by atoms with van der Waals surface area (Å²) in [6, 6.07) is 7.19. The first-order chi connectivity index (χ1) is 7.77. The lowest BCUT2D eigenvalue weighted by Gasteiger charge is -1.97. The molecular weight excluding hydrogens is 206 g/mol. The molecule has 0 aliphatic carbocycles. The molecule has 0 saturated carbocycles. The number of hydrogen-bond donors (Lipinski definition) is 1. The van der Waals surface area contributed by atoms with Crippen LogP contribution in [0.15, 0.2) is 36.2 Å². The smallest absolute Gasteiger partial charge is 0.352 e. The van der Waals surface area contributed by atoms with Crippen LogP contribution in [0, 0.1) is 11.3 Å². The quantitative estimate of drug-likeness (QED) is 0.462. The molecular formula is C11H12N3O2+. The molecule has 0 unspecified atom stereocenters. The summed E-state index contributed by atoms with van der Waals surface area (Å²) in [5.41, 5.74) is -0.0703. The van der Waals surface area contributed by atoms with Gasteiger partial charge in [0.1, 0.15) is 12.3 Å². The Balaban J connectivity index is 2.68. The van der Waals surface area contributed by atoms with Crippen LogP contribution in [0.1, 0.15) is 6.92 Å².